The number of nitrogens with zero attached hydrogens (tertiary/aromatic N) is 3. The van der Waals surface area contributed by atoms with Crippen LogP contribution in [0.4, 0.5) is 0 Å². The van der Waals surface area contributed by atoms with Crippen LogP contribution in [0.2, 0.25) is 10.0 Å². The monoisotopic (exact) mass is 315 g/mol. The van der Waals surface area contributed by atoms with E-state index in [1.165, 1.54) is 12.3 Å². The number of carbonyl (C=O) groups is 1. The minimum Gasteiger partial charge on any atom is -0.465 e. The van der Waals surface area contributed by atoms with Crippen LogP contribution in [0.1, 0.15) is 25.7 Å². The van der Waals surface area contributed by atoms with Crippen LogP contribution in [-0.2, 0) is 9.53 Å². The van der Waals surface area contributed by atoms with Gasteiger partial charge in [0.15, 0.2) is 0 Å². The predicted molar refractivity (Wildman–Crippen MR) is 72.6 cm³/mol. The highest BCUT2D eigenvalue weighted by molar-refractivity contribution is 6.35. The van der Waals surface area contributed by atoms with Gasteiger partial charge in [-0.3, -0.25) is 4.79 Å². The zero-order valence-electron chi connectivity index (χ0n) is 10.8. The zero-order valence-corrected chi connectivity index (χ0v) is 12.3. The molecule has 1 atom stereocenters. The van der Waals surface area contributed by atoms with Gasteiger partial charge in [0.25, 0.3) is 0 Å². The summed E-state index contributed by atoms with van der Waals surface area (Å²) >= 11 is 11.8. The van der Waals surface area contributed by atoms with E-state index in [0.29, 0.717) is 15.7 Å². The Labute approximate surface area is 125 Å². The molecule has 0 spiro atoms. The van der Waals surface area contributed by atoms with Crippen LogP contribution in [0.15, 0.2) is 16.8 Å². The molecule has 2 aromatic heterocycles. The first-order valence-electron chi connectivity index (χ1n) is 5.84. The van der Waals surface area contributed by atoms with Crippen LogP contribution >= 0.6 is 23.2 Å². The zero-order chi connectivity index (χ0) is 14.7. The van der Waals surface area contributed by atoms with Gasteiger partial charge in [0.1, 0.15) is 11.6 Å². The Balaban J connectivity index is 2.26. The lowest BCUT2D eigenvalue weighted by Crippen LogP contribution is -2.13. The molecule has 0 aromatic carbocycles. The number of hydrogen-bond donors (Lipinski definition) is 0. The van der Waals surface area contributed by atoms with Gasteiger partial charge in [-0.05, 0) is 19.9 Å². The summed E-state index contributed by atoms with van der Waals surface area (Å²) in [5.74, 6) is -0.746. The number of pyridine rings is 1. The highest BCUT2D eigenvalue weighted by Crippen LogP contribution is 2.27. The van der Waals surface area contributed by atoms with Crippen molar-refractivity contribution in [3.8, 4) is 11.5 Å². The molecule has 0 radical (unpaired) electrons. The molecule has 0 bridgehead atoms. The highest BCUT2D eigenvalue weighted by Gasteiger charge is 2.24. The number of esters is 1. The highest BCUT2D eigenvalue weighted by atomic mass is 35.5. The summed E-state index contributed by atoms with van der Waals surface area (Å²) in [6, 6.07) is 1.52. The van der Waals surface area contributed by atoms with Crippen molar-refractivity contribution in [1.29, 1.82) is 0 Å². The van der Waals surface area contributed by atoms with Gasteiger partial charge in [0.2, 0.25) is 11.7 Å². The van der Waals surface area contributed by atoms with E-state index in [1.54, 1.807) is 13.8 Å². The van der Waals surface area contributed by atoms with Crippen molar-refractivity contribution in [1.82, 2.24) is 15.1 Å². The molecule has 0 saturated heterocycles. The summed E-state index contributed by atoms with van der Waals surface area (Å²) in [5.41, 5.74) is 0.335. The smallest absolute Gasteiger partial charge is 0.318 e. The maximum absolute atomic E-state index is 11.6. The van der Waals surface area contributed by atoms with Gasteiger partial charge in [0.05, 0.1) is 16.7 Å². The van der Waals surface area contributed by atoms with Crippen LogP contribution in [0.5, 0.6) is 0 Å². The lowest BCUT2D eigenvalue weighted by Gasteiger charge is -2.04. The molecule has 6 nitrogen and oxygen atoms in total. The second-order valence-electron chi connectivity index (χ2n) is 3.91. The quantitative estimate of drug-likeness (QED) is 0.807. The molecule has 2 aromatic rings. The van der Waals surface area contributed by atoms with Gasteiger partial charge in [-0.2, -0.15) is 4.98 Å². The number of ether oxygens (including phenoxy) is 1. The first-order valence-corrected chi connectivity index (χ1v) is 6.60. The van der Waals surface area contributed by atoms with E-state index in [1.807, 2.05) is 0 Å². The van der Waals surface area contributed by atoms with Crippen molar-refractivity contribution in [2.75, 3.05) is 6.61 Å². The molecule has 0 amide bonds. The van der Waals surface area contributed by atoms with Crippen LogP contribution < -0.4 is 0 Å². The van der Waals surface area contributed by atoms with E-state index >= 15 is 0 Å². The largest absolute Gasteiger partial charge is 0.465 e. The van der Waals surface area contributed by atoms with Gasteiger partial charge < -0.3 is 9.26 Å². The second-order valence-corrected chi connectivity index (χ2v) is 4.76. The molecule has 2 rings (SSSR count). The summed E-state index contributed by atoms with van der Waals surface area (Å²) in [5, 5.41) is 4.46. The van der Waals surface area contributed by atoms with E-state index in [-0.39, 0.29) is 18.3 Å². The molecule has 0 aliphatic rings. The predicted octanol–water partition coefficient (Wildman–Crippen LogP) is 3.11. The molecular weight excluding hydrogens is 305 g/mol. The molecule has 0 fully saturated rings. The molecular formula is C12H11Cl2N3O3. The van der Waals surface area contributed by atoms with E-state index < -0.39 is 11.9 Å². The fourth-order valence-corrected chi connectivity index (χ4v) is 1.92. The fraction of sp³-hybridized carbons (Fsp3) is 0.333. The molecule has 0 aliphatic heterocycles. The maximum Gasteiger partial charge on any atom is 0.318 e. The SMILES string of the molecule is CCOC(=O)C(C)c1nc(-c2ncc(Cl)cc2Cl)no1. The van der Waals surface area contributed by atoms with Gasteiger partial charge in [-0.1, -0.05) is 28.4 Å². The Morgan fingerprint density at radius 1 is 1.50 bits per heavy atom. The lowest BCUT2D eigenvalue weighted by molar-refractivity contribution is -0.145. The van der Waals surface area contributed by atoms with Crippen molar-refractivity contribution in [2.45, 2.75) is 19.8 Å². The minimum absolute atomic E-state index is 0.145. The second kappa shape index (κ2) is 6.19. The molecule has 0 saturated carbocycles. The molecule has 2 heterocycles. The Bertz CT molecular complexity index is 630. The van der Waals surface area contributed by atoms with E-state index in [4.69, 9.17) is 32.5 Å². The molecule has 20 heavy (non-hydrogen) atoms. The van der Waals surface area contributed by atoms with Crippen LogP contribution in [0.3, 0.4) is 0 Å². The Kier molecular flexibility index (Phi) is 4.57. The minimum atomic E-state index is -0.651. The summed E-state index contributed by atoms with van der Waals surface area (Å²) in [6.45, 7) is 3.63. The number of carbonyl (C=O) groups excluding carboxylic acids is 1. The van der Waals surface area contributed by atoms with Crippen molar-refractivity contribution < 1.29 is 14.1 Å². The van der Waals surface area contributed by atoms with Gasteiger partial charge in [-0.15, -0.1) is 0 Å². The summed E-state index contributed by atoms with van der Waals surface area (Å²) in [6.07, 6.45) is 1.42. The first kappa shape index (κ1) is 14.7. The Morgan fingerprint density at radius 2 is 2.25 bits per heavy atom. The van der Waals surface area contributed by atoms with Crippen LogP contribution in [0.25, 0.3) is 11.5 Å². The summed E-state index contributed by atoms with van der Waals surface area (Å²) < 4.78 is 9.93. The van der Waals surface area contributed by atoms with Gasteiger partial charge in [0, 0.05) is 6.20 Å². The number of halogens is 2. The third-order valence-electron chi connectivity index (χ3n) is 2.47. The third kappa shape index (κ3) is 3.08. The van der Waals surface area contributed by atoms with E-state index in [9.17, 15) is 4.79 Å². The number of hydrogen-bond acceptors (Lipinski definition) is 6. The standard InChI is InChI=1S/C12H11Cl2N3O3/c1-3-19-12(18)6(2)11-16-10(17-20-11)9-8(14)4-7(13)5-15-9/h4-6H,3H2,1-2H3. The average molecular weight is 316 g/mol. The maximum atomic E-state index is 11.6. The van der Waals surface area contributed by atoms with Crippen molar-refractivity contribution in [3.63, 3.8) is 0 Å². The average Bonchev–Trinajstić information content (AvgIpc) is 2.87. The van der Waals surface area contributed by atoms with Crippen molar-refractivity contribution >= 4 is 29.2 Å². The van der Waals surface area contributed by atoms with Crippen LogP contribution in [0, 0.1) is 0 Å². The fourth-order valence-electron chi connectivity index (χ4n) is 1.45. The van der Waals surface area contributed by atoms with Gasteiger partial charge >= 0.3 is 5.97 Å². The number of aromatic nitrogens is 3. The summed E-state index contributed by atoms with van der Waals surface area (Å²) in [7, 11) is 0. The third-order valence-corrected chi connectivity index (χ3v) is 2.97. The van der Waals surface area contributed by atoms with E-state index in [0.717, 1.165) is 0 Å². The molecule has 8 heteroatoms. The topological polar surface area (TPSA) is 78.1 Å². The van der Waals surface area contributed by atoms with E-state index in [2.05, 4.69) is 15.1 Å². The molecule has 0 N–H and O–H groups in total. The molecule has 0 aliphatic carbocycles. The van der Waals surface area contributed by atoms with Crippen LogP contribution in [-0.4, -0.2) is 27.7 Å². The summed E-state index contributed by atoms with van der Waals surface area (Å²) in [4.78, 5) is 19.7. The van der Waals surface area contributed by atoms with Gasteiger partial charge in [-0.25, -0.2) is 4.98 Å². The molecule has 106 valence electrons. The first-order chi connectivity index (χ1) is 9.52. The lowest BCUT2D eigenvalue weighted by atomic mass is 10.2. The Hall–Kier alpha value is -1.66. The molecule has 1 unspecified atom stereocenters. The van der Waals surface area contributed by atoms with Crippen molar-refractivity contribution in [3.05, 3.63) is 28.2 Å². The number of rotatable bonds is 4. The Morgan fingerprint density at radius 3 is 2.90 bits per heavy atom. The van der Waals surface area contributed by atoms with Crippen molar-refractivity contribution in [2.24, 2.45) is 0 Å². The normalized spacial score (nSPS) is 12.2.